The Labute approximate surface area is 117 Å². The Morgan fingerprint density at radius 2 is 1.05 bits per heavy atom. The van der Waals surface area contributed by atoms with Gasteiger partial charge in [0.05, 0.1) is 11.4 Å². The molecule has 9 heteroatoms. The van der Waals surface area contributed by atoms with E-state index in [1.165, 1.54) is 0 Å². The quantitative estimate of drug-likeness (QED) is 0.400. The molecule has 3 nitrogen and oxygen atoms in total. The summed E-state index contributed by atoms with van der Waals surface area (Å²) in [6, 6.07) is 8.50. The van der Waals surface area contributed by atoms with Crippen molar-refractivity contribution in [2.75, 3.05) is 5.73 Å². The van der Waals surface area contributed by atoms with Crippen LogP contribution >= 0.6 is 10.2 Å². The minimum atomic E-state index is -9.64. The molecule has 2 rings (SSSR count). The molecule has 0 fully saturated rings. The van der Waals surface area contributed by atoms with Gasteiger partial charge in [-0.2, -0.15) is 10.2 Å². The predicted molar refractivity (Wildman–Crippen MR) is 72.9 cm³/mol. The van der Waals surface area contributed by atoms with Gasteiger partial charge in [0.15, 0.2) is 0 Å². The van der Waals surface area contributed by atoms with E-state index in [1.54, 1.807) is 24.3 Å². The molecular formula is C12H10F5N3S. The first-order chi connectivity index (χ1) is 9.44. The molecule has 114 valence electrons. The van der Waals surface area contributed by atoms with Gasteiger partial charge < -0.3 is 5.73 Å². The highest BCUT2D eigenvalue weighted by Crippen LogP contribution is 3.02. The molecule has 21 heavy (non-hydrogen) atoms. The highest BCUT2D eigenvalue weighted by Gasteiger charge is 2.65. The van der Waals surface area contributed by atoms with E-state index in [0.717, 1.165) is 12.1 Å². The van der Waals surface area contributed by atoms with Gasteiger partial charge in [-0.25, -0.2) is 0 Å². The standard InChI is InChI=1S/C12H10F5N3S/c13-21(14,15,16,17)12-7-5-11(6-8-12)20-19-10-3-1-9(18)2-4-10/h1-8H,18H2. The van der Waals surface area contributed by atoms with Crippen LogP contribution in [0.15, 0.2) is 63.7 Å². The number of halogens is 5. The second kappa shape index (κ2) is 4.17. The Hall–Kier alpha value is -2.16. The van der Waals surface area contributed by atoms with Gasteiger partial charge in [0.2, 0.25) is 0 Å². The van der Waals surface area contributed by atoms with Gasteiger partial charge in [-0.05, 0) is 48.5 Å². The van der Waals surface area contributed by atoms with Gasteiger partial charge in [-0.1, -0.05) is 19.4 Å². The molecule has 2 aromatic rings. The molecule has 0 saturated heterocycles. The van der Waals surface area contributed by atoms with E-state index >= 15 is 0 Å². The average molecular weight is 323 g/mol. The van der Waals surface area contributed by atoms with Gasteiger partial charge in [-0.15, -0.1) is 0 Å². The van der Waals surface area contributed by atoms with Crippen molar-refractivity contribution in [3.05, 3.63) is 48.5 Å². The average Bonchev–Trinajstić information content (AvgIpc) is 2.36. The second-order valence-corrected chi connectivity index (χ2v) is 6.66. The molecule has 0 bridgehead atoms. The number of anilines is 1. The normalized spacial score (nSPS) is 15.7. The number of benzene rings is 2. The lowest BCUT2D eigenvalue weighted by Crippen LogP contribution is -2.05. The third-order valence-corrected chi connectivity index (χ3v) is 3.62. The largest absolute Gasteiger partial charge is 0.399 e. The SMILES string of the molecule is Nc1ccc(N=Nc2ccc(S(F)(F)(F)(F)F)cc2)cc1. The molecule has 2 aromatic carbocycles. The van der Waals surface area contributed by atoms with Crippen molar-refractivity contribution >= 4 is 27.3 Å². The Kier molecular flexibility index (Phi) is 3.02. The molecule has 2 N–H and O–H groups in total. The first-order valence-electron chi connectivity index (χ1n) is 5.55. The van der Waals surface area contributed by atoms with Crippen molar-refractivity contribution in [2.45, 2.75) is 4.90 Å². The van der Waals surface area contributed by atoms with Crippen molar-refractivity contribution in [1.82, 2.24) is 0 Å². The Bertz CT molecular complexity index is 678. The second-order valence-electron chi connectivity index (χ2n) is 4.25. The molecule has 0 saturated carbocycles. The van der Waals surface area contributed by atoms with Crippen molar-refractivity contribution in [1.29, 1.82) is 0 Å². The van der Waals surface area contributed by atoms with Crippen molar-refractivity contribution in [3.8, 4) is 0 Å². The lowest BCUT2D eigenvalue weighted by atomic mass is 10.3. The number of nitrogens with two attached hydrogens (primary N) is 1. The van der Waals surface area contributed by atoms with E-state index in [4.69, 9.17) is 5.73 Å². The molecule has 0 aliphatic heterocycles. The van der Waals surface area contributed by atoms with E-state index < -0.39 is 15.1 Å². The highest BCUT2D eigenvalue weighted by atomic mass is 32.5. The third-order valence-electron chi connectivity index (χ3n) is 2.46. The van der Waals surface area contributed by atoms with E-state index in [1.807, 2.05) is 0 Å². The zero-order chi connectivity index (χ0) is 15.8. The molecule has 0 amide bonds. The number of hydrogen-bond donors (Lipinski definition) is 1. The molecule has 0 aliphatic rings. The van der Waals surface area contributed by atoms with Crippen LogP contribution in [-0.2, 0) is 0 Å². The fourth-order valence-electron chi connectivity index (χ4n) is 1.43. The number of rotatable bonds is 3. The van der Waals surface area contributed by atoms with E-state index in [-0.39, 0.29) is 5.69 Å². The van der Waals surface area contributed by atoms with Gasteiger partial charge in [0, 0.05) is 5.69 Å². The van der Waals surface area contributed by atoms with Crippen LogP contribution < -0.4 is 5.73 Å². The monoisotopic (exact) mass is 323 g/mol. The van der Waals surface area contributed by atoms with Crippen molar-refractivity contribution in [2.24, 2.45) is 10.2 Å². The summed E-state index contributed by atoms with van der Waals surface area (Å²) in [5.41, 5.74) is 6.45. The summed E-state index contributed by atoms with van der Waals surface area (Å²) in [6.45, 7) is 0. The van der Waals surface area contributed by atoms with Gasteiger partial charge in [-0.3, -0.25) is 0 Å². The fourth-order valence-corrected chi connectivity index (χ4v) is 2.08. The number of nitrogen functional groups attached to an aromatic ring is 1. The molecule has 0 aliphatic carbocycles. The van der Waals surface area contributed by atoms with Crippen LogP contribution in [0.2, 0.25) is 0 Å². The number of azo groups is 1. The Morgan fingerprint density at radius 1 is 0.667 bits per heavy atom. The smallest absolute Gasteiger partial charge is 0.310 e. The summed E-state index contributed by atoms with van der Waals surface area (Å²) in [6.07, 6.45) is 0. The molecular weight excluding hydrogens is 313 g/mol. The van der Waals surface area contributed by atoms with Crippen molar-refractivity contribution in [3.63, 3.8) is 0 Å². The van der Waals surface area contributed by atoms with E-state index in [2.05, 4.69) is 10.2 Å². The zero-order valence-electron chi connectivity index (χ0n) is 10.4. The molecule has 0 aromatic heterocycles. The lowest BCUT2D eigenvalue weighted by molar-refractivity contribution is 0.364. The van der Waals surface area contributed by atoms with E-state index in [9.17, 15) is 19.4 Å². The third kappa shape index (κ3) is 4.15. The predicted octanol–water partition coefficient (Wildman–Crippen LogP) is 6.34. The van der Waals surface area contributed by atoms with Crippen molar-refractivity contribution < 1.29 is 19.4 Å². The molecule has 0 radical (unpaired) electrons. The topological polar surface area (TPSA) is 50.7 Å². The minimum absolute atomic E-state index is 0.0254. The number of hydrogen-bond acceptors (Lipinski definition) is 3. The first kappa shape index (κ1) is 15.2. The summed E-state index contributed by atoms with van der Waals surface area (Å²) < 4.78 is 62.5. The molecule has 0 atom stereocenters. The fraction of sp³-hybridized carbons (Fsp3) is 0. The summed E-state index contributed by atoms with van der Waals surface area (Å²) in [7, 11) is -9.64. The lowest BCUT2D eigenvalue weighted by Gasteiger charge is -2.40. The van der Waals surface area contributed by atoms with Gasteiger partial charge in [0.1, 0.15) is 4.90 Å². The zero-order valence-corrected chi connectivity index (χ0v) is 11.2. The van der Waals surface area contributed by atoms with Crippen LogP contribution in [0.4, 0.5) is 36.5 Å². The van der Waals surface area contributed by atoms with Crippen LogP contribution in [0.25, 0.3) is 0 Å². The summed E-state index contributed by atoms with van der Waals surface area (Å²) in [4.78, 5) is -1.96. The minimum Gasteiger partial charge on any atom is -0.399 e. The maximum Gasteiger partial charge on any atom is 0.310 e. The van der Waals surface area contributed by atoms with Crippen LogP contribution in [0, 0.1) is 0 Å². The molecule has 0 spiro atoms. The maximum atomic E-state index is 12.5. The van der Waals surface area contributed by atoms with Crippen LogP contribution in [0.3, 0.4) is 0 Å². The Balaban J connectivity index is 2.23. The van der Waals surface area contributed by atoms with E-state index in [0.29, 0.717) is 23.5 Å². The van der Waals surface area contributed by atoms with Crippen LogP contribution in [0.1, 0.15) is 0 Å². The van der Waals surface area contributed by atoms with Crippen LogP contribution in [0.5, 0.6) is 0 Å². The van der Waals surface area contributed by atoms with Crippen LogP contribution in [-0.4, -0.2) is 0 Å². The summed E-state index contributed by atoms with van der Waals surface area (Å²) in [5, 5.41) is 7.41. The number of nitrogens with zero attached hydrogens (tertiary/aromatic N) is 2. The maximum absolute atomic E-state index is 12.5. The molecule has 0 unspecified atom stereocenters. The molecule has 0 heterocycles. The summed E-state index contributed by atoms with van der Waals surface area (Å²) >= 11 is 0. The Morgan fingerprint density at radius 3 is 1.43 bits per heavy atom. The first-order valence-corrected chi connectivity index (χ1v) is 7.51. The summed E-state index contributed by atoms with van der Waals surface area (Å²) in [5.74, 6) is 0. The van der Waals surface area contributed by atoms with Gasteiger partial charge >= 0.3 is 10.2 Å². The highest BCUT2D eigenvalue weighted by molar-refractivity contribution is 8.45. The van der Waals surface area contributed by atoms with Gasteiger partial charge in [0.25, 0.3) is 0 Å².